The van der Waals surface area contributed by atoms with Gasteiger partial charge in [-0.1, -0.05) is 0 Å². The molecule has 0 bridgehead atoms. The first-order valence-corrected chi connectivity index (χ1v) is 4.75. The van der Waals surface area contributed by atoms with Crippen LogP contribution >= 0.6 is 0 Å². The summed E-state index contributed by atoms with van der Waals surface area (Å²) in [5.74, 6) is 0.724. The number of aromatic nitrogens is 1. The van der Waals surface area contributed by atoms with Crippen molar-refractivity contribution in [3.05, 3.63) is 18.5 Å². The number of methoxy groups -OCH3 is 1. The van der Waals surface area contributed by atoms with Gasteiger partial charge in [-0.05, 0) is 12.8 Å². The van der Waals surface area contributed by atoms with Gasteiger partial charge in [0.25, 0.3) is 0 Å². The molecule has 1 fully saturated rings. The fraction of sp³-hybridized carbons (Fsp3) is 0.500. The third-order valence-corrected chi connectivity index (χ3v) is 2.49. The lowest BCUT2D eigenvalue weighted by molar-refractivity contribution is 0.185. The van der Waals surface area contributed by atoms with Crippen molar-refractivity contribution in [3.63, 3.8) is 0 Å². The second-order valence-electron chi connectivity index (χ2n) is 3.40. The van der Waals surface area contributed by atoms with E-state index in [9.17, 15) is 5.11 Å². The van der Waals surface area contributed by atoms with Crippen LogP contribution in [0.1, 0.15) is 12.8 Å². The molecule has 1 aliphatic heterocycles. The topological polar surface area (TPSA) is 45.6 Å². The molecular formula is C10H14N2O2. The Hall–Kier alpha value is -1.29. The molecule has 0 aliphatic carbocycles. The first-order valence-electron chi connectivity index (χ1n) is 4.75. The Morgan fingerprint density at radius 1 is 1.57 bits per heavy atom. The number of pyridine rings is 1. The van der Waals surface area contributed by atoms with Crippen molar-refractivity contribution in [2.75, 3.05) is 18.6 Å². The lowest BCUT2D eigenvalue weighted by atomic mass is 10.3. The number of hydrogen-bond donors (Lipinski definition) is 1. The van der Waals surface area contributed by atoms with Crippen LogP contribution in [0.5, 0.6) is 5.75 Å². The highest BCUT2D eigenvalue weighted by molar-refractivity contribution is 5.49. The van der Waals surface area contributed by atoms with Crippen LogP contribution in [-0.4, -0.2) is 30.0 Å². The summed E-state index contributed by atoms with van der Waals surface area (Å²) in [6.07, 6.45) is 4.89. The van der Waals surface area contributed by atoms with Crippen LogP contribution < -0.4 is 9.64 Å². The first kappa shape index (κ1) is 9.27. The Kier molecular flexibility index (Phi) is 2.54. The quantitative estimate of drug-likeness (QED) is 0.763. The SMILES string of the molecule is COc1cncc(N2CCCC2O)c1. The molecule has 1 unspecified atom stereocenters. The number of aliphatic hydroxyl groups excluding tert-OH is 1. The zero-order chi connectivity index (χ0) is 9.97. The van der Waals surface area contributed by atoms with Crippen molar-refractivity contribution >= 4 is 5.69 Å². The van der Waals surface area contributed by atoms with E-state index in [4.69, 9.17) is 4.74 Å². The molecule has 76 valence electrons. The fourth-order valence-electron chi connectivity index (χ4n) is 1.73. The summed E-state index contributed by atoms with van der Waals surface area (Å²) >= 11 is 0. The average molecular weight is 194 g/mol. The van der Waals surface area contributed by atoms with Gasteiger partial charge in [-0.15, -0.1) is 0 Å². The van der Waals surface area contributed by atoms with E-state index in [1.165, 1.54) is 0 Å². The van der Waals surface area contributed by atoms with Crippen molar-refractivity contribution in [3.8, 4) is 5.75 Å². The second-order valence-corrected chi connectivity index (χ2v) is 3.40. The molecule has 2 rings (SSSR count). The monoisotopic (exact) mass is 194 g/mol. The van der Waals surface area contributed by atoms with Crippen molar-refractivity contribution in [2.45, 2.75) is 19.1 Å². The summed E-state index contributed by atoms with van der Waals surface area (Å²) in [4.78, 5) is 6.00. The lowest BCUT2D eigenvalue weighted by Gasteiger charge is -2.22. The molecular weight excluding hydrogens is 180 g/mol. The van der Waals surface area contributed by atoms with E-state index in [2.05, 4.69) is 4.98 Å². The van der Waals surface area contributed by atoms with Crippen LogP contribution in [-0.2, 0) is 0 Å². The Bertz CT molecular complexity index is 317. The highest BCUT2D eigenvalue weighted by Gasteiger charge is 2.22. The Balaban J connectivity index is 2.22. The lowest BCUT2D eigenvalue weighted by Crippen LogP contribution is -2.28. The summed E-state index contributed by atoms with van der Waals surface area (Å²) in [6, 6.07) is 1.89. The van der Waals surface area contributed by atoms with E-state index in [0.29, 0.717) is 0 Å². The molecule has 1 aliphatic rings. The highest BCUT2D eigenvalue weighted by Crippen LogP contribution is 2.25. The third kappa shape index (κ3) is 1.65. The maximum atomic E-state index is 9.66. The van der Waals surface area contributed by atoms with Crippen molar-refractivity contribution in [1.82, 2.24) is 4.98 Å². The number of ether oxygens (including phenoxy) is 1. The van der Waals surface area contributed by atoms with Crippen molar-refractivity contribution in [1.29, 1.82) is 0 Å². The van der Waals surface area contributed by atoms with Crippen LogP contribution in [0.4, 0.5) is 5.69 Å². The highest BCUT2D eigenvalue weighted by atomic mass is 16.5. The molecule has 0 saturated carbocycles. The number of hydrogen-bond acceptors (Lipinski definition) is 4. The maximum absolute atomic E-state index is 9.66. The normalized spacial score (nSPS) is 21.3. The molecule has 1 aromatic rings. The second kappa shape index (κ2) is 3.84. The van der Waals surface area contributed by atoms with Gasteiger partial charge >= 0.3 is 0 Å². The molecule has 2 heterocycles. The Labute approximate surface area is 83.1 Å². The minimum Gasteiger partial charge on any atom is -0.495 e. The summed E-state index contributed by atoms with van der Waals surface area (Å²) in [5, 5.41) is 9.66. The molecule has 1 saturated heterocycles. The predicted octanol–water partition coefficient (Wildman–Crippen LogP) is 1.01. The van der Waals surface area contributed by atoms with Gasteiger partial charge in [-0.2, -0.15) is 0 Å². The van der Waals surface area contributed by atoms with Gasteiger partial charge in [0.05, 0.1) is 25.2 Å². The summed E-state index contributed by atoms with van der Waals surface area (Å²) in [6.45, 7) is 0.885. The molecule has 4 nitrogen and oxygen atoms in total. The summed E-state index contributed by atoms with van der Waals surface area (Å²) < 4.78 is 5.08. The minimum absolute atomic E-state index is 0.371. The molecule has 1 N–H and O–H groups in total. The molecule has 1 atom stereocenters. The minimum atomic E-state index is -0.371. The Morgan fingerprint density at radius 3 is 3.07 bits per heavy atom. The van der Waals surface area contributed by atoms with Crippen LogP contribution in [0.2, 0.25) is 0 Å². The predicted molar refractivity (Wildman–Crippen MR) is 53.4 cm³/mol. The van der Waals surface area contributed by atoms with Crippen LogP contribution in [0, 0.1) is 0 Å². The van der Waals surface area contributed by atoms with Gasteiger partial charge in [0, 0.05) is 12.6 Å². The summed E-state index contributed by atoms with van der Waals surface area (Å²) in [7, 11) is 1.61. The zero-order valence-electron chi connectivity index (χ0n) is 8.18. The van der Waals surface area contributed by atoms with Gasteiger partial charge in [0.1, 0.15) is 12.0 Å². The van der Waals surface area contributed by atoms with Crippen molar-refractivity contribution < 1.29 is 9.84 Å². The maximum Gasteiger partial charge on any atom is 0.139 e. The summed E-state index contributed by atoms with van der Waals surface area (Å²) in [5.41, 5.74) is 0.925. The van der Waals surface area contributed by atoms with Crippen molar-refractivity contribution in [2.24, 2.45) is 0 Å². The third-order valence-electron chi connectivity index (χ3n) is 2.49. The average Bonchev–Trinajstić information content (AvgIpc) is 2.65. The van der Waals surface area contributed by atoms with E-state index in [1.807, 2.05) is 11.0 Å². The standard InChI is InChI=1S/C10H14N2O2/c1-14-9-5-8(6-11-7-9)12-4-2-3-10(12)13/h5-7,10,13H,2-4H2,1H3. The fourth-order valence-corrected chi connectivity index (χ4v) is 1.73. The van der Waals surface area contributed by atoms with E-state index < -0.39 is 0 Å². The van der Waals surface area contributed by atoms with Gasteiger partial charge in [0.15, 0.2) is 0 Å². The van der Waals surface area contributed by atoms with Crippen LogP contribution in [0.25, 0.3) is 0 Å². The van der Waals surface area contributed by atoms with E-state index in [0.717, 1.165) is 30.8 Å². The number of nitrogens with zero attached hydrogens (tertiary/aromatic N) is 2. The van der Waals surface area contributed by atoms with Gasteiger partial charge in [-0.3, -0.25) is 4.98 Å². The van der Waals surface area contributed by atoms with E-state index in [1.54, 1.807) is 19.5 Å². The van der Waals surface area contributed by atoms with Crippen LogP contribution in [0.3, 0.4) is 0 Å². The van der Waals surface area contributed by atoms with Crippen LogP contribution in [0.15, 0.2) is 18.5 Å². The van der Waals surface area contributed by atoms with Gasteiger partial charge in [-0.25, -0.2) is 0 Å². The number of rotatable bonds is 2. The molecule has 4 heteroatoms. The van der Waals surface area contributed by atoms with Gasteiger partial charge < -0.3 is 14.7 Å². The molecule has 0 radical (unpaired) electrons. The molecule has 0 amide bonds. The van der Waals surface area contributed by atoms with E-state index in [-0.39, 0.29) is 6.23 Å². The first-order chi connectivity index (χ1) is 6.81. The molecule has 14 heavy (non-hydrogen) atoms. The van der Waals surface area contributed by atoms with Gasteiger partial charge in [0.2, 0.25) is 0 Å². The zero-order valence-corrected chi connectivity index (χ0v) is 8.18. The molecule has 0 aromatic carbocycles. The number of aliphatic hydroxyl groups is 1. The van der Waals surface area contributed by atoms with E-state index >= 15 is 0 Å². The number of anilines is 1. The Morgan fingerprint density at radius 2 is 2.43 bits per heavy atom. The molecule has 1 aromatic heterocycles. The molecule has 0 spiro atoms. The smallest absolute Gasteiger partial charge is 0.139 e. The largest absolute Gasteiger partial charge is 0.495 e.